The molecule has 0 unspecified atom stereocenters. The number of rotatable bonds is 1. The van der Waals surface area contributed by atoms with E-state index in [1.807, 2.05) is 49.5 Å². The molecule has 3 heteroatoms. The van der Waals surface area contributed by atoms with E-state index in [1.54, 1.807) is 0 Å². The fraction of sp³-hybridized carbons (Fsp3) is 0.0714. The van der Waals surface area contributed by atoms with Crippen LogP contribution in [0.25, 0.3) is 22.4 Å². The number of aryl methyl sites for hydroxylation is 1. The van der Waals surface area contributed by atoms with Crippen LogP contribution in [0.3, 0.4) is 0 Å². The van der Waals surface area contributed by atoms with Gasteiger partial charge in [0.1, 0.15) is 0 Å². The van der Waals surface area contributed by atoms with E-state index in [0.29, 0.717) is 0 Å². The molecule has 0 spiro atoms. The van der Waals surface area contributed by atoms with Crippen LogP contribution in [0.4, 0.5) is 0 Å². The summed E-state index contributed by atoms with van der Waals surface area (Å²) in [5.41, 5.74) is 3.20. The molecule has 0 fully saturated rings. The number of nitrogens with zero attached hydrogens (tertiary/aromatic N) is 2. The van der Waals surface area contributed by atoms with Crippen LogP contribution in [0.2, 0.25) is 0 Å². The monoisotopic (exact) mass is 214 g/mol. The molecule has 0 saturated carbocycles. The summed E-state index contributed by atoms with van der Waals surface area (Å²) in [6, 6.07) is 19.3. The van der Waals surface area contributed by atoms with Crippen molar-refractivity contribution in [3.8, 4) is 11.4 Å². The van der Waals surface area contributed by atoms with Crippen molar-refractivity contribution in [2.75, 3.05) is 0 Å². The van der Waals surface area contributed by atoms with Gasteiger partial charge in [-0.2, -0.15) is 0 Å². The van der Waals surface area contributed by atoms with Gasteiger partial charge >= 0.3 is 18.9 Å². The summed E-state index contributed by atoms with van der Waals surface area (Å²) in [5, 5.41) is 0. The summed E-state index contributed by atoms with van der Waals surface area (Å²) in [6.45, 7) is 0. The quantitative estimate of drug-likeness (QED) is 0.413. The minimum Gasteiger partial charge on any atom is -0.367 e. The van der Waals surface area contributed by atoms with Crippen molar-refractivity contribution in [2.24, 2.45) is 7.05 Å². The van der Waals surface area contributed by atoms with Crippen LogP contribution in [0.1, 0.15) is 0 Å². The van der Waals surface area contributed by atoms with Gasteiger partial charge in [-0.25, -0.2) is 0 Å². The normalized spacial score (nSPS) is 10.2. The second-order valence-corrected chi connectivity index (χ2v) is 3.76. The van der Waals surface area contributed by atoms with Gasteiger partial charge < -0.3 is 4.57 Å². The zero-order chi connectivity index (χ0) is 11.0. The number of hydrogen-bond donors (Lipinski definition) is 0. The first-order valence-electron chi connectivity index (χ1n) is 5.25. The molecule has 2 aromatic carbocycles. The molecule has 2 nitrogen and oxygen atoms in total. The number of aromatic nitrogens is 2. The van der Waals surface area contributed by atoms with E-state index < -0.39 is 0 Å². The predicted molar refractivity (Wildman–Crippen MR) is 65.0 cm³/mol. The van der Waals surface area contributed by atoms with E-state index >= 15 is 0 Å². The number of imidazole rings is 1. The second kappa shape index (κ2) is 4.79. The molecule has 0 aliphatic heterocycles. The minimum absolute atomic E-state index is 0. The van der Waals surface area contributed by atoms with Crippen LogP contribution in [0, 0.1) is 6.07 Å². The predicted octanol–water partition coefficient (Wildman–Crippen LogP) is 0.0445. The third-order valence-corrected chi connectivity index (χ3v) is 2.74. The Kier molecular flexibility index (Phi) is 3.37. The number of para-hydroxylation sites is 2. The fourth-order valence-electron chi connectivity index (χ4n) is 1.92. The van der Waals surface area contributed by atoms with E-state index in [1.165, 1.54) is 0 Å². The number of hydrogen-bond acceptors (Lipinski definition) is 1. The van der Waals surface area contributed by atoms with E-state index in [9.17, 15) is 0 Å². The summed E-state index contributed by atoms with van der Waals surface area (Å²) in [5.74, 6) is 0.960. The van der Waals surface area contributed by atoms with E-state index in [-0.39, 0.29) is 18.9 Å². The standard InChI is InChI=1S/C14H11N2.Li/c1-16-13-10-6-5-9-12(13)15-14(16)11-7-3-2-4-8-11;/h2-7,9-10H,1H3;/q-1;+1. The second-order valence-electron chi connectivity index (χ2n) is 3.76. The summed E-state index contributed by atoms with van der Waals surface area (Å²) in [6.07, 6.45) is 0. The maximum Gasteiger partial charge on any atom is 1.00 e. The molecular weight excluding hydrogens is 203 g/mol. The third kappa shape index (κ3) is 2.02. The smallest absolute Gasteiger partial charge is 0.367 e. The van der Waals surface area contributed by atoms with Crippen molar-refractivity contribution < 1.29 is 18.9 Å². The topological polar surface area (TPSA) is 17.8 Å². The average molecular weight is 214 g/mol. The van der Waals surface area contributed by atoms with Gasteiger partial charge in [0, 0.05) is 7.05 Å². The Hall–Kier alpha value is -1.49. The zero-order valence-corrected chi connectivity index (χ0v) is 10.0. The Labute approximate surface area is 112 Å². The zero-order valence-electron chi connectivity index (χ0n) is 10.0. The van der Waals surface area contributed by atoms with Gasteiger partial charge in [-0.1, -0.05) is 12.1 Å². The summed E-state index contributed by atoms with van der Waals surface area (Å²) in [7, 11) is 2.03. The molecule has 0 saturated heterocycles. The molecule has 3 aromatic rings. The number of benzene rings is 2. The van der Waals surface area contributed by atoms with Gasteiger partial charge in [-0.3, -0.25) is 4.98 Å². The Balaban J connectivity index is 0.00000108. The number of fused-ring (bicyclic) bond motifs is 1. The van der Waals surface area contributed by atoms with Gasteiger partial charge in [0.15, 0.2) is 0 Å². The van der Waals surface area contributed by atoms with Crippen LogP contribution in [0.5, 0.6) is 0 Å². The Morgan fingerprint density at radius 2 is 1.82 bits per heavy atom. The Bertz CT molecular complexity index is 629. The molecule has 0 aliphatic rings. The fourth-order valence-corrected chi connectivity index (χ4v) is 1.92. The summed E-state index contributed by atoms with van der Waals surface area (Å²) >= 11 is 0. The van der Waals surface area contributed by atoms with Crippen LogP contribution in [-0.2, 0) is 7.05 Å². The molecule has 1 aromatic heterocycles. The Morgan fingerprint density at radius 3 is 2.53 bits per heavy atom. The molecule has 0 bridgehead atoms. The first-order chi connectivity index (χ1) is 7.86. The van der Waals surface area contributed by atoms with E-state index in [0.717, 1.165) is 22.4 Å². The van der Waals surface area contributed by atoms with Crippen LogP contribution in [0.15, 0.2) is 48.5 Å². The van der Waals surface area contributed by atoms with Gasteiger partial charge in [-0.15, -0.1) is 35.9 Å². The van der Waals surface area contributed by atoms with Crippen molar-refractivity contribution in [1.82, 2.24) is 9.55 Å². The van der Waals surface area contributed by atoms with Crippen molar-refractivity contribution in [3.05, 3.63) is 54.6 Å². The van der Waals surface area contributed by atoms with Crippen molar-refractivity contribution in [3.63, 3.8) is 0 Å². The maximum atomic E-state index is 4.61. The molecule has 0 N–H and O–H groups in total. The molecule has 1 heterocycles. The minimum atomic E-state index is 0. The molecule has 0 atom stereocenters. The average Bonchev–Trinajstić information content (AvgIpc) is 2.69. The van der Waals surface area contributed by atoms with Gasteiger partial charge in [-0.05, 0) is 12.1 Å². The van der Waals surface area contributed by atoms with Crippen LogP contribution < -0.4 is 18.9 Å². The summed E-state index contributed by atoms with van der Waals surface area (Å²) < 4.78 is 2.10. The summed E-state index contributed by atoms with van der Waals surface area (Å²) in [4.78, 5) is 4.61. The van der Waals surface area contributed by atoms with Crippen molar-refractivity contribution in [1.29, 1.82) is 0 Å². The largest absolute Gasteiger partial charge is 1.00 e. The Morgan fingerprint density at radius 1 is 1.06 bits per heavy atom. The van der Waals surface area contributed by atoms with Crippen molar-refractivity contribution >= 4 is 11.0 Å². The molecular formula is C14H11LiN2. The first-order valence-corrected chi connectivity index (χ1v) is 5.25. The third-order valence-electron chi connectivity index (χ3n) is 2.74. The molecule has 3 rings (SSSR count). The SMILES string of the molecule is Cn1c(-c2[c-]cccc2)nc2ccccc21.[Li+]. The van der Waals surface area contributed by atoms with Crippen LogP contribution in [-0.4, -0.2) is 9.55 Å². The molecule has 78 valence electrons. The molecule has 0 aliphatic carbocycles. The first kappa shape index (κ1) is 12.0. The van der Waals surface area contributed by atoms with Crippen molar-refractivity contribution in [2.45, 2.75) is 0 Å². The van der Waals surface area contributed by atoms with E-state index in [2.05, 4.69) is 21.7 Å². The van der Waals surface area contributed by atoms with E-state index in [4.69, 9.17) is 0 Å². The van der Waals surface area contributed by atoms with Crippen LogP contribution >= 0.6 is 0 Å². The molecule has 0 amide bonds. The molecule has 17 heavy (non-hydrogen) atoms. The van der Waals surface area contributed by atoms with Gasteiger partial charge in [0.25, 0.3) is 0 Å². The molecule has 0 radical (unpaired) electrons. The van der Waals surface area contributed by atoms with Gasteiger partial charge in [0.2, 0.25) is 0 Å². The van der Waals surface area contributed by atoms with Gasteiger partial charge in [0.05, 0.1) is 16.9 Å². The maximum absolute atomic E-state index is 4.61.